The first kappa shape index (κ1) is 14.5. The summed E-state index contributed by atoms with van der Waals surface area (Å²) in [6.45, 7) is 1.75. The Kier molecular flexibility index (Phi) is 5.40. The van der Waals surface area contributed by atoms with Crippen molar-refractivity contribution < 1.29 is 5.11 Å². The van der Waals surface area contributed by atoms with Gasteiger partial charge in [-0.25, -0.2) is 0 Å². The van der Waals surface area contributed by atoms with Gasteiger partial charge >= 0.3 is 0 Å². The van der Waals surface area contributed by atoms with Gasteiger partial charge in [0.25, 0.3) is 0 Å². The van der Waals surface area contributed by atoms with Crippen molar-refractivity contribution in [1.29, 1.82) is 0 Å². The Morgan fingerprint density at radius 1 is 1.21 bits per heavy atom. The van der Waals surface area contributed by atoms with Crippen molar-refractivity contribution in [3.8, 4) is 0 Å². The minimum absolute atomic E-state index is 0.421. The first-order valence-corrected chi connectivity index (χ1v) is 7.50. The van der Waals surface area contributed by atoms with Gasteiger partial charge < -0.3 is 10.0 Å². The second-order valence-electron chi connectivity index (χ2n) is 4.67. The average Bonchev–Trinajstić information content (AvgIpc) is 2.84. The van der Waals surface area contributed by atoms with Gasteiger partial charge in [-0.05, 0) is 31.2 Å². The summed E-state index contributed by atoms with van der Waals surface area (Å²) in [6, 6.07) is 14.1. The van der Waals surface area contributed by atoms with E-state index >= 15 is 0 Å². The third-order valence-electron chi connectivity index (χ3n) is 3.00. The zero-order valence-electron chi connectivity index (χ0n) is 10.9. The van der Waals surface area contributed by atoms with Crippen molar-refractivity contribution >= 4 is 22.9 Å². The van der Waals surface area contributed by atoms with E-state index in [1.165, 1.54) is 16.9 Å². The van der Waals surface area contributed by atoms with Crippen LogP contribution in [0.1, 0.15) is 23.0 Å². The average molecular weight is 296 g/mol. The van der Waals surface area contributed by atoms with Crippen LogP contribution in [-0.2, 0) is 6.54 Å². The summed E-state index contributed by atoms with van der Waals surface area (Å²) in [5.74, 6) is 0. The van der Waals surface area contributed by atoms with E-state index in [1.54, 1.807) is 0 Å². The largest absolute Gasteiger partial charge is 0.388 e. The molecule has 2 rings (SSSR count). The van der Waals surface area contributed by atoms with Crippen molar-refractivity contribution in [3.05, 3.63) is 57.2 Å². The smallest absolute Gasteiger partial charge is 0.0932 e. The summed E-state index contributed by atoms with van der Waals surface area (Å²) in [5, 5.41) is 10.1. The van der Waals surface area contributed by atoms with Crippen LogP contribution in [0, 0.1) is 0 Å². The molecule has 0 saturated heterocycles. The summed E-state index contributed by atoms with van der Waals surface area (Å²) in [5.41, 5.74) is 1.29. The monoisotopic (exact) mass is 295 g/mol. The maximum absolute atomic E-state index is 10.1. The number of thiophene rings is 1. The van der Waals surface area contributed by atoms with Gasteiger partial charge in [-0.3, -0.25) is 0 Å². The van der Waals surface area contributed by atoms with Crippen LogP contribution in [0.4, 0.5) is 0 Å². The number of nitrogens with zero attached hydrogens (tertiary/aromatic N) is 1. The lowest BCUT2D eigenvalue weighted by molar-refractivity contribution is 0.151. The van der Waals surface area contributed by atoms with E-state index in [0.29, 0.717) is 0 Å². The van der Waals surface area contributed by atoms with Crippen LogP contribution >= 0.6 is 22.9 Å². The lowest BCUT2D eigenvalue weighted by Crippen LogP contribution is -2.20. The first-order chi connectivity index (χ1) is 9.15. The van der Waals surface area contributed by atoms with Crippen LogP contribution in [0.25, 0.3) is 0 Å². The van der Waals surface area contributed by atoms with Gasteiger partial charge in [0.05, 0.1) is 10.4 Å². The van der Waals surface area contributed by atoms with E-state index in [1.807, 2.05) is 30.3 Å². The Balaban J connectivity index is 1.79. The molecule has 0 fully saturated rings. The fourth-order valence-electron chi connectivity index (χ4n) is 1.97. The van der Waals surface area contributed by atoms with Crippen molar-refractivity contribution in [2.24, 2.45) is 0 Å². The van der Waals surface area contributed by atoms with E-state index in [4.69, 9.17) is 11.6 Å². The highest BCUT2D eigenvalue weighted by atomic mass is 35.5. The summed E-state index contributed by atoms with van der Waals surface area (Å²) >= 11 is 7.32. The Bertz CT molecular complexity index is 500. The van der Waals surface area contributed by atoms with Crippen LogP contribution in [-0.4, -0.2) is 23.6 Å². The number of rotatable bonds is 6. The van der Waals surface area contributed by atoms with Gasteiger partial charge in [0.1, 0.15) is 0 Å². The number of hydrogen-bond acceptors (Lipinski definition) is 3. The molecule has 102 valence electrons. The van der Waals surface area contributed by atoms with Gasteiger partial charge in [0, 0.05) is 18.0 Å². The quantitative estimate of drug-likeness (QED) is 0.872. The van der Waals surface area contributed by atoms with Gasteiger partial charge in [-0.1, -0.05) is 41.9 Å². The predicted molar refractivity (Wildman–Crippen MR) is 81.7 cm³/mol. The number of halogens is 1. The number of aliphatic hydroxyl groups is 1. The van der Waals surface area contributed by atoms with Crippen LogP contribution in [0.3, 0.4) is 0 Å². The van der Waals surface area contributed by atoms with Crippen molar-refractivity contribution in [2.45, 2.75) is 19.1 Å². The molecule has 0 radical (unpaired) electrons. The highest BCUT2D eigenvalue weighted by Gasteiger charge is 2.11. The van der Waals surface area contributed by atoms with E-state index in [0.717, 1.165) is 28.7 Å². The van der Waals surface area contributed by atoms with Crippen LogP contribution < -0.4 is 0 Å². The summed E-state index contributed by atoms with van der Waals surface area (Å²) in [7, 11) is 2.07. The van der Waals surface area contributed by atoms with E-state index in [2.05, 4.69) is 24.1 Å². The first-order valence-electron chi connectivity index (χ1n) is 6.31. The van der Waals surface area contributed by atoms with Crippen LogP contribution in [0.5, 0.6) is 0 Å². The third-order valence-corrected chi connectivity index (χ3v) is 4.33. The zero-order valence-corrected chi connectivity index (χ0v) is 12.5. The molecule has 19 heavy (non-hydrogen) atoms. The Morgan fingerprint density at radius 2 is 1.95 bits per heavy atom. The summed E-state index contributed by atoms with van der Waals surface area (Å²) in [6.07, 6.45) is 0.302. The lowest BCUT2D eigenvalue weighted by Gasteiger charge is -2.18. The van der Waals surface area contributed by atoms with E-state index < -0.39 is 6.10 Å². The predicted octanol–water partition coefficient (Wildman–Crippen LogP) is 3.96. The molecule has 1 heterocycles. The molecule has 2 aromatic rings. The molecule has 0 aliphatic rings. The number of aliphatic hydroxyl groups excluding tert-OH is 1. The van der Waals surface area contributed by atoms with E-state index in [-0.39, 0.29) is 0 Å². The Hall–Kier alpha value is -0.870. The number of hydrogen-bond donors (Lipinski definition) is 1. The molecular weight excluding hydrogens is 278 g/mol. The maximum Gasteiger partial charge on any atom is 0.0932 e. The standard InChI is InChI=1S/C15H18ClNOS/c1-17(11-12-5-3-2-4-6-12)10-9-13(18)14-7-8-15(16)19-14/h2-8,13,18H,9-11H2,1H3. The maximum atomic E-state index is 10.1. The Morgan fingerprint density at radius 3 is 2.58 bits per heavy atom. The lowest BCUT2D eigenvalue weighted by atomic mass is 10.2. The van der Waals surface area contributed by atoms with Crippen molar-refractivity contribution in [2.75, 3.05) is 13.6 Å². The molecule has 1 N–H and O–H groups in total. The van der Waals surface area contributed by atoms with Crippen LogP contribution in [0.15, 0.2) is 42.5 Å². The molecular formula is C15H18ClNOS. The molecule has 0 saturated carbocycles. The molecule has 1 atom stereocenters. The molecule has 0 aliphatic heterocycles. The minimum atomic E-state index is -0.421. The van der Waals surface area contributed by atoms with E-state index in [9.17, 15) is 5.11 Å². The third kappa shape index (κ3) is 4.62. The molecule has 1 aromatic carbocycles. The molecule has 1 aromatic heterocycles. The fourth-order valence-corrected chi connectivity index (χ4v) is 3.05. The normalized spacial score (nSPS) is 12.8. The van der Waals surface area contributed by atoms with Gasteiger partial charge in [-0.15, -0.1) is 11.3 Å². The highest BCUT2D eigenvalue weighted by Crippen LogP contribution is 2.28. The summed E-state index contributed by atoms with van der Waals surface area (Å²) in [4.78, 5) is 3.16. The second kappa shape index (κ2) is 7.06. The van der Waals surface area contributed by atoms with Crippen molar-refractivity contribution in [3.63, 3.8) is 0 Å². The second-order valence-corrected chi connectivity index (χ2v) is 6.42. The minimum Gasteiger partial charge on any atom is -0.388 e. The SMILES string of the molecule is CN(CCC(O)c1ccc(Cl)s1)Cc1ccccc1. The summed E-state index contributed by atoms with van der Waals surface area (Å²) < 4.78 is 0.728. The molecule has 0 aliphatic carbocycles. The molecule has 1 unspecified atom stereocenters. The molecule has 0 spiro atoms. The molecule has 0 bridgehead atoms. The fraction of sp³-hybridized carbons (Fsp3) is 0.333. The topological polar surface area (TPSA) is 23.5 Å². The van der Waals surface area contributed by atoms with Crippen molar-refractivity contribution in [1.82, 2.24) is 4.90 Å². The van der Waals surface area contributed by atoms with Gasteiger partial charge in [-0.2, -0.15) is 0 Å². The molecule has 4 heteroatoms. The van der Waals surface area contributed by atoms with Gasteiger partial charge in [0.2, 0.25) is 0 Å². The number of benzene rings is 1. The highest BCUT2D eigenvalue weighted by molar-refractivity contribution is 7.16. The van der Waals surface area contributed by atoms with Crippen LogP contribution in [0.2, 0.25) is 4.34 Å². The molecule has 0 amide bonds. The molecule has 2 nitrogen and oxygen atoms in total. The zero-order chi connectivity index (χ0) is 13.7. The van der Waals surface area contributed by atoms with Gasteiger partial charge in [0.15, 0.2) is 0 Å². The Labute approximate surface area is 123 Å².